The summed E-state index contributed by atoms with van der Waals surface area (Å²) in [6, 6.07) is 6.88. The molecular weight excluding hydrogens is 363 g/mol. The third-order valence-corrected chi connectivity index (χ3v) is 6.00. The van der Waals surface area contributed by atoms with E-state index in [1.807, 2.05) is 26.2 Å². The van der Waals surface area contributed by atoms with Gasteiger partial charge in [0.1, 0.15) is 5.82 Å². The lowest BCUT2D eigenvalue weighted by Gasteiger charge is -2.31. The minimum absolute atomic E-state index is 0.150. The lowest BCUT2D eigenvalue weighted by molar-refractivity contribution is -0.138. The maximum atomic E-state index is 13.6. The van der Waals surface area contributed by atoms with Crippen LogP contribution < -0.4 is 10.6 Å². The van der Waals surface area contributed by atoms with Crippen molar-refractivity contribution in [2.45, 2.75) is 31.4 Å². The molecule has 1 aromatic carbocycles. The molecule has 0 bridgehead atoms. The summed E-state index contributed by atoms with van der Waals surface area (Å²) in [6.45, 7) is 1.33. The number of thioether (sulfide) groups is 1. The van der Waals surface area contributed by atoms with Gasteiger partial charge in [0, 0.05) is 45.7 Å². The van der Waals surface area contributed by atoms with Crippen molar-refractivity contribution in [1.82, 2.24) is 15.5 Å². The topological polar surface area (TPSA) is 56.7 Å². The Morgan fingerprint density at radius 1 is 1.26 bits per heavy atom. The quantitative estimate of drug-likeness (QED) is 0.404. The number of benzene rings is 1. The zero-order valence-corrected chi connectivity index (χ0v) is 17.4. The summed E-state index contributed by atoms with van der Waals surface area (Å²) in [7, 11) is 5.38. The summed E-state index contributed by atoms with van der Waals surface area (Å²) in [6.07, 6.45) is 4.04. The third-order valence-electron chi connectivity index (χ3n) is 4.99. The van der Waals surface area contributed by atoms with Gasteiger partial charge >= 0.3 is 0 Å². The first-order chi connectivity index (χ1) is 13.0. The van der Waals surface area contributed by atoms with Crippen LogP contribution in [0.1, 0.15) is 31.2 Å². The van der Waals surface area contributed by atoms with Crippen LogP contribution in [0.3, 0.4) is 0 Å². The summed E-state index contributed by atoms with van der Waals surface area (Å²) >= 11 is 1.68. The summed E-state index contributed by atoms with van der Waals surface area (Å²) in [5.41, 5.74) is 0.413. The second-order valence-corrected chi connectivity index (χ2v) is 8.29. The van der Waals surface area contributed by atoms with Crippen molar-refractivity contribution in [2.75, 3.05) is 40.0 Å². The van der Waals surface area contributed by atoms with Crippen LogP contribution in [0.25, 0.3) is 0 Å². The molecule has 0 radical (unpaired) electrons. The number of nitrogens with zero attached hydrogens (tertiary/aromatic N) is 2. The number of hydrogen-bond acceptors (Lipinski definition) is 3. The zero-order chi connectivity index (χ0) is 19.7. The van der Waals surface area contributed by atoms with Crippen molar-refractivity contribution >= 4 is 23.6 Å². The van der Waals surface area contributed by atoms with Crippen molar-refractivity contribution in [3.63, 3.8) is 0 Å². The molecule has 1 saturated carbocycles. The molecule has 150 valence electrons. The Balaban J connectivity index is 1.74. The van der Waals surface area contributed by atoms with E-state index in [9.17, 15) is 9.18 Å². The van der Waals surface area contributed by atoms with Crippen LogP contribution in [-0.4, -0.2) is 56.8 Å². The van der Waals surface area contributed by atoms with Gasteiger partial charge in [-0.3, -0.25) is 9.79 Å². The van der Waals surface area contributed by atoms with Crippen LogP contribution >= 0.6 is 11.8 Å². The molecule has 2 N–H and O–H groups in total. The minimum atomic E-state index is -0.319. The molecule has 1 aliphatic rings. The average molecular weight is 395 g/mol. The third kappa shape index (κ3) is 6.13. The fraction of sp³-hybridized carbons (Fsp3) is 0.600. The largest absolute Gasteiger partial charge is 0.356 e. The van der Waals surface area contributed by atoms with Gasteiger partial charge in [-0.1, -0.05) is 31.0 Å². The van der Waals surface area contributed by atoms with Crippen molar-refractivity contribution in [1.29, 1.82) is 0 Å². The van der Waals surface area contributed by atoms with Gasteiger partial charge in [0.25, 0.3) is 0 Å². The van der Waals surface area contributed by atoms with Crippen LogP contribution in [0, 0.1) is 11.2 Å². The number of guanidine groups is 1. The number of amides is 1. The minimum Gasteiger partial charge on any atom is -0.356 e. The van der Waals surface area contributed by atoms with E-state index in [4.69, 9.17) is 0 Å². The van der Waals surface area contributed by atoms with Crippen LogP contribution in [0.15, 0.2) is 29.3 Å². The molecular formula is C20H31FN4OS. The Morgan fingerprint density at radius 3 is 2.59 bits per heavy atom. The summed E-state index contributed by atoms with van der Waals surface area (Å²) in [5, 5.41) is 6.61. The van der Waals surface area contributed by atoms with Crippen molar-refractivity contribution < 1.29 is 9.18 Å². The summed E-state index contributed by atoms with van der Waals surface area (Å²) < 4.78 is 13.6. The van der Waals surface area contributed by atoms with Crippen LogP contribution in [0.2, 0.25) is 0 Å². The molecule has 0 aliphatic heterocycles. The fourth-order valence-electron chi connectivity index (χ4n) is 3.51. The first-order valence-corrected chi connectivity index (χ1v) is 10.6. The highest BCUT2D eigenvalue weighted by Gasteiger charge is 2.42. The maximum Gasteiger partial charge on any atom is 0.230 e. The van der Waals surface area contributed by atoms with Gasteiger partial charge in [0.2, 0.25) is 5.91 Å². The van der Waals surface area contributed by atoms with Crippen molar-refractivity contribution in [3.05, 3.63) is 35.6 Å². The Bertz CT molecular complexity index is 645. The molecule has 1 aliphatic carbocycles. The molecule has 1 amide bonds. The molecule has 5 nitrogen and oxygen atoms in total. The normalized spacial score (nSPS) is 16.2. The number of carbonyl (C=O) groups excluding carboxylic acids is 1. The van der Waals surface area contributed by atoms with E-state index < -0.39 is 0 Å². The first kappa shape index (κ1) is 21.5. The number of halogens is 1. The zero-order valence-electron chi connectivity index (χ0n) is 16.6. The lowest BCUT2D eigenvalue weighted by Crippen LogP contribution is -2.49. The van der Waals surface area contributed by atoms with Gasteiger partial charge in [0.05, 0.1) is 5.41 Å². The van der Waals surface area contributed by atoms with E-state index in [-0.39, 0.29) is 17.1 Å². The molecule has 7 heteroatoms. The monoisotopic (exact) mass is 394 g/mol. The number of nitrogens with one attached hydrogen (secondary N) is 2. The highest BCUT2D eigenvalue weighted by Crippen LogP contribution is 2.38. The molecule has 0 spiro atoms. The Hall–Kier alpha value is -1.76. The predicted octanol–water partition coefficient (Wildman–Crippen LogP) is 2.87. The summed E-state index contributed by atoms with van der Waals surface area (Å²) in [4.78, 5) is 18.6. The second-order valence-electron chi connectivity index (χ2n) is 7.18. The van der Waals surface area contributed by atoms with E-state index in [0.29, 0.717) is 18.3 Å². The van der Waals surface area contributed by atoms with Gasteiger partial charge in [0.15, 0.2) is 5.96 Å². The van der Waals surface area contributed by atoms with E-state index in [0.717, 1.165) is 43.5 Å². The maximum absolute atomic E-state index is 13.6. The van der Waals surface area contributed by atoms with Gasteiger partial charge in [-0.25, -0.2) is 4.39 Å². The Morgan fingerprint density at radius 2 is 1.96 bits per heavy atom. The number of carbonyl (C=O) groups is 1. The highest BCUT2D eigenvalue weighted by atomic mass is 32.2. The molecule has 1 aromatic rings. The van der Waals surface area contributed by atoms with Gasteiger partial charge in [-0.05, 0) is 24.5 Å². The smallest absolute Gasteiger partial charge is 0.230 e. The Labute approximate surface area is 166 Å². The molecule has 27 heavy (non-hydrogen) atoms. The standard InChI is InChI=1S/C20H31FN4OS/c1-22-19(23-12-13-27-14-16-8-4-5-9-17(16)21)24-15-20(10-6-7-11-20)18(26)25(2)3/h4-5,8-9H,6-7,10-15H2,1-3H3,(H2,22,23,24). The summed E-state index contributed by atoms with van der Waals surface area (Å²) in [5.74, 6) is 2.25. The number of rotatable bonds is 8. The lowest BCUT2D eigenvalue weighted by atomic mass is 9.84. The van der Waals surface area contributed by atoms with Crippen LogP contribution in [0.5, 0.6) is 0 Å². The molecule has 0 saturated heterocycles. The van der Waals surface area contributed by atoms with Crippen molar-refractivity contribution in [3.8, 4) is 0 Å². The average Bonchev–Trinajstić information content (AvgIpc) is 3.14. The van der Waals surface area contributed by atoms with Gasteiger partial charge in [-0.2, -0.15) is 11.8 Å². The molecule has 0 unspecified atom stereocenters. The van der Waals surface area contributed by atoms with Crippen LogP contribution in [-0.2, 0) is 10.5 Å². The van der Waals surface area contributed by atoms with E-state index in [2.05, 4.69) is 15.6 Å². The molecule has 0 aromatic heterocycles. The Kier molecular flexibility index (Phi) is 8.41. The van der Waals surface area contributed by atoms with E-state index in [1.165, 1.54) is 6.07 Å². The number of aliphatic imine (C=N–C) groups is 1. The SMILES string of the molecule is CN=C(NCCSCc1ccccc1F)NCC1(C(=O)N(C)C)CCCC1. The molecule has 1 fully saturated rings. The van der Waals surface area contributed by atoms with Gasteiger partial charge in [-0.15, -0.1) is 0 Å². The van der Waals surface area contributed by atoms with Crippen molar-refractivity contribution in [2.24, 2.45) is 10.4 Å². The van der Waals surface area contributed by atoms with E-state index in [1.54, 1.807) is 29.8 Å². The number of hydrogen-bond donors (Lipinski definition) is 2. The van der Waals surface area contributed by atoms with Crippen LogP contribution in [0.4, 0.5) is 4.39 Å². The molecule has 2 rings (SSSR count). The second kappa shape index (κ2) is 10.5. The van der Waals surface area contributed by atoms with Gasteiger partial charge < -0.3 is 15.5 Å². The van der Waals surface area contributed by atoms with E-state index >= 15 is 0 Å². The molecule has 0 heterocycles. The molecule has 0 atom stereocenters. The predicted molar refractivity (Wildman–Crippen MR) is 112 cm³/mol. The first-order valence-electron chi connectivity index (χ1n) is 9.46. The fourth-order valence-corrected chi connectivity index (χ4v) is 4.35. The highest BCUT2D eigenvalue weighted by molar-refractivity contribution is 7.98.